The van der Waals surface area contributed by atoms with E-state index in [9.17, 15) is 9.50 Å². The number of aliphatic hydroxyl groups excluding tert-OH is 1. The molecule has 0 aromatic heterocycles. The lowest BCUT2D eigenvalue weighted by Crippen LogP contribution is -2.13. The molecule has 2 unspecified atom stereocenters. The van der Waals surface area contributed by atoms with Crippen molar-refractivity contribution in [1.29, 1.82) is 0 Å². The van der Waals surface area contributed by atoms with Crippen molar-refractivity contribution in [1.82, 2.24) is 0 Å². The average Bonchev–Trinajstić information content (AvgIpc) is 2.33. The van der Waals surface area contributed by atoms with E-state index in [1.807, 2.05) is 6.92 Å². The zero-order chi connectivity index (χ0) is 12.8. The van der Waals surface area contributed by atoms with Gasteiger partial charge in [-0.05, 0) is 42.5 Å². The number of aryl methyl sites for hydroxylation is 1. The molecule has 0 saturated carbocycles. The van der Waals surface area contributed by atoms with E-state index in [1.54, 1.807) is 6.07 Å². The van der Waals surface area contributed by atoms with Gasteiger partial charge < -0.3 is 5.11 Å². The highest BCUT2D eigenvalue weighted by atomic mass is 19.1. The summed E-state index contributed by atoms with van der Waals surface area (Å²) in [6, 6.07) is 4.65. The summed E-state index contributed by atoms with van der Waals surface area (Å²) in [5.41, 5.74) is 1.71. The molecule has 0 bridgehead atoms. The van der Waals surface area contributed by atoms with Crippen LogP contribution in [0.2, 0.25) is 0 Å². The molecular formula is C15H23FO. The third-order valence-electron chi connectivity index (χ3n) is 3.46. The molecule has 0 radical (unpaired) electrons. The van der Waals surface area contributed by atoms with E-state index in [0.29, 0.717) is 0 Å². The Balaban J connectivity index is 2.85. The van der Waals surface area contributed by atoms with E-state index in [2.05, 4.69) is 13.8 Å². The molecule has 0 heterocycles. The Morgan fingerprint density at radius 1 is 1.29 bits per heavy atom. The highest BCUT2D eigenvalue weighted by Crippen LogP contribution is 2.31. The Bertz CT molecular complexity index is 349. The van der Waals surface area contributed by atoms with E-state index < -0.39 is 6.10 Å². The van der Waals surface area contributed by atoms with Gasteiger partial charge in [0.15, 0.2) is 0 Å². The summed E-state index contributed by atoms with van der Waals surface area (Å²) < 4.78 is 13.2. The molecule has 2 atom stereocenters. The van der Waals surface area contributed by atoms with Crippen molar-refractivity contribution in [2.45, 2.75) is 52.6 Å². The first-order valence-electron chi connectivity index (χ1n) is 6.54. The monoisotopic (exact) mass is 238 g/mol. The maximum absolute atomic E-state index is 13.2. The Morgan fingerprint density at radius 3 is 2.59 bits per heavy atom. The number of benzene rings is 1. The van der Waals surface area contributed by atoms with Crippen LogP contribution in [0.1, 0.15) is 56.8 Å². The molecule has 0 fully saturated rings. The van der Waals surface area contributed by atoms with Gasteiger partial charge in [-0.1, -0.05) is 39.2 Å². The molecule has 0 aliphatic heterocycles. The van der Waals surface area contributed by atoms with Crippen LogP contribution in [0.3, 0.4) is 0 Å². The van der Waals surface area contributed by atoms with Crippen LogP contribution in [0.5, 0.6) is 0 Å². The van der Waals surface area contributed by atoms with Crippen LogP contribution >= 0.6 is 0 Å². The van der Waals surface area contributed by atoms with Gasteiger partial charge in [-0.2, -0.15) is 0 Å². The number of halogens is 1. The predicted octanol–water partition coefficient (Wildman–Crippen LogP) is 4.38. The smallest absolute Gasteiger partial charge is 0.123 e. The molecule has 0 saturated heterocycles. The largest absolute Gasteiger partial charge is 0.388 e. The fraction of sp³-hybridized carbons (Fsp3) is 0.600. The van der Waals surface area contributed by atoms with Crippen molar-refractivity contribution in [3.8, 4) is 0 Å². The molecule has 1 N–H and O–H groups in total. The zero-order valence-electron chi connectivity index (χ0n) is 11.0. The van der Waals surface area contributed by atoms with E-state index in [1.165, 1.54) is 12.1 Å². The topological polar surface area (TPSA) is 20.2 Å². The van der Waals surface area contributed by atoms with Gasteiger partial charge in [0.1, 0.15) is 5.82 Å². The number of hydrogen-bond acceptors (Lipinski definition) is 1. The molecule has 17 heavy (non-hydrogen) atoms. The first-order valence-corrected chi connectivity index (χ1v) is 6.54. The SMILES string of the molecule is CCCCC(CC)C(O)c1cc(F)ccc1C. The lowest BCUT2D eigenvalue weighted by molar-refractivity contribution is 0.0980. The van der Waals surface area contributed by atoms with Crippen molar-refractivity contribution in [2.24, 2.45) is 5.92 Å². The summed E-state index contributed by atoms with van der Waals surface area (Å²) >= 11 is 0. The standard InChI is InChI=1S/C15H23FO/c1-4-6-7-12(5-2)15(17)14-10-13(16)9-8-11(14)3/h8-10,12,15,17H,4-7H2,1-3H3. The van der Waals surface area contributed by atoms with Crippen LogP contribution < -0.4 is 0 Å². The lowest BCUT2D eigenvalue weighted by atomic mass is 9.87. The molecule has 96 valence electrons. The zero-order valence-corrected chi connectivity index (χ0v) is 11.0. The summed E-state index contributed by atoms with van der Waals surface area (Å²) in [6.45, 7) is 6.15. The second-order valence-corrected chi connectivity index (χ2v) is 4.76. The fourth-order valence-electron chi connectivity index (χ4n) is 2.24. The highest BCUT2D eigenvalue weighted by molar-refractivity contribution is 5.28. The summed E-state index contributed by atoms with van der Waals surface area (Å²) in [7, 11) is 0. The quantitative estimate of drug-likeness (QED) is 0.779. The average molecular weight is 238 g/mol. The van der Waals surface area contributed by atoms with Crippen LogP contribution in [-0.2, 0) is 0 Å². The first-order chi connectivity index (χ1) is 8.10. The highest BCUT2D eigenvalue weighted by Gasteiger charge is 2.20. The maximum Gasteiger partial charge on any atom is 0.123 e. The molecule has 0 spiro atoms. The summed E-state index contributed by atoms with van der Waals surface area (Å²) in [5, 5.41) is 10.3. The third-order valence-corrected chi connectivity index (χ3v) is 3.46. The van der Waals surface area contributed by atoms with Crippen LogP contribution in [0.4, 0.5) is 4.39 Å². The minimum absolute atomic E-state index is 0.232. The molecule has 1 rings (SSSR count). The number of hydrogen-bond donors (Lipinski definition) is 1. The van der Waals surface area contributed by atoms with Crippen molar-refractivity contribution in [3.05, 3.63) is 35.1 Å². The molecule has 2 heteroatoms. The minimum Gasteiger partial charge on any atom is -0.388 e. The van der Waals surface area contributed by atoms with E-state index in [0.717, 1.165) is 36.8 Å². The molecule has 0 aliphatic carbocycles. The van der Waals surface area contributed by atoms with E-state index >= 15 is 0 Å². The minimum atomic E-state index is -0.540. The Hall–Kier alpha value is -0.890. The van der Waals surface area contributed by atoms with E-state index in [-0.39, 0.29) is 11.7 Å². The van der Waals surface area contributed by atoms with Gasteiger partial charge >= 0.3 is 0 Å². The molecule has 1 aromatic rings. The Kier molecular flexibility index (Phi) is 5.63. The summed E-state index contributed by atoms with van der Waals surface area (Å²) in [5.74, 6) is -0.0366. The fourth-order valence-corrected chi connectivity index (χ4v) is 2.24. The van der Waals surface area contributed by atoms with Crippen molar-refractivity contribution in [2.75, 3.05) is 0 Å². The number of aliphatic hydroxyl groups is 1. The molecule has 0 aliphatic rings. The lowest BCUT2D eigenvalue weighted by Gasteiger charge is -2.23. The Morgan fingerprint density at radius 2 is 2.00 bits per heavy atom. The van der Waals surface area contributed by atoms with E-state index in [4.69, 9.17) is 0 Å². The normalized spacial score (nSPS) is 14.6. The molecule has 0 amide bonds. The summed E-state index contributed by atoms with van der Waals surface area (Å²) in [4.78, 5) is 0. The molecule has 1 aromatic carbocycles. The maximum atomic E-state index is 13.2. The summed E-state index contributed by atoms with van der Waals surface area (Å²) in [6.07, 6.45) is 3.64. The van der Waals surface area contributed by atoms with Gasteiger partial charge in [0.25, 0.3) is 0 Å². The van der Waals surface area contributed by atoms with Gasteiger partial charge in [-0.25, -0.2) is 4.39 Å². The predicted molar refractivity (Wildman–Crippen MR) is 69.4 cm³/mol. The van der Waals surface area contributed by atoms with Gasteiger partial charge in [-0.3, -0.25) is 0 Å². The van der Waals surface area contributed by atoms with Crippen LogP contribution in [-0.4, -0.2) is 5.11 Å². The van der Waals surface area contributed by atoms with Gasteiger partial charge in [0, 0.05) is 0 Å². The Labute approximate surface area is 104 Å². The second-order valence-electron chi connectivity index (χ2n) is 4.76. The van der Waals surface area contributed by atoms with Gasteiger partial charge in [0.05, 0.1) is 6.10 Å². The van der Waals surface area contributed by atoms with Crippen LogP contribution in [0, 0.1) is 18.7 Å². The molecular weight excluding hydrogens is 215 g/mol. The second kappa shape index (κ2) is 6.75. The first kappa shape index (κ1) is 14.2. The van der Waals surface area contributed by atoms with Gasteiger partial charge in [-0.15, -0.1) is 0 Å². The van der Waals surface area contributed by atoms with Crippen molar-refractivity contribution >= 4 is 0 Å². The van der Waals surface area contributed by atoms with Crippen molar-refractivity contribution < 1.29 is 9.50 Å². The number of unbranched alkanes of at least 4 members (excludes halogenated alkanes) is 1. The van der Waals surface area contributed by atoms with Gasteiger partial charge in [0.2, 0.25) is 0 Å². The molecule has 1 nitrogen and oxygen atoms in total. The number of rotatable bonds is 6. The van der Waals surface area contributed by atoms with Crippen LogP contribution in [0.15, 0.2) is 18.2 Å². The third kappa shape index (κ3) is 3.81. The van der Waals surface area contributed by atoms with Crippen molar-refractivity contribution in [3.63, 3.8) is 0 Å². The van der Waals surface area contributed by atoms with Crippen LogP contribution in [0.25, 0.3) is 0 Å².